The number of halogens is 2. The number of rotatable bonds is 6. The highest BCUT2D eigenvalue weighted by atomic mass is 35.5. The Balaban J connectivity index is 1.30. The topological polar surface area (TPSA) is 59.4 Å². The molecule has 3 atom stereocenters. The van der Waals surface area contributed by atoms with E-state index in [4.69, 9.17) is 27.9 Å². The van der Waals surface area contributed by atoms with Gasteiger partial charge in [-0.2, -0.15) is 5.10 Å². The Morgan fingerprint density at radius 3 is 2.64 bits per heavy atom. The van der Waals surface area contributed by atoms with Crippen LogP contribution in [-0.2, 0) is 17.8 Å². The van der Waals surface area contributed by atoms with Crippen molar-refractivity contribution in [2.45, 2.75) is 44.1 Å². The third-order valence-corrected chi connectivity index (χ3v) is 7.27. The van der Waals surface area contributed by atoms with Crippen molar-refractivity contribution >= 4 is 40.0 Å². The number of allylic oxidation sites excluding steroid dienone is 1. The first-order valence-corrected chi connectivity index (χ1v) is 11.9. The number of benzene rings is 2. The van der Waals surface area contributed by atoms with Gasteiger partial charge in [-0.3, -0.25) is 14.4 Å². The molecule has 3 heterocycles. The molecule has 2 saturated heterocycles. The molecule has 2 fully saturated rings. The Kier molecular flexibility index (Phi) is 6.43. The van der Waals surface area contributed by atoms with Crippen molar-refractivity contribution in [1.29, 1.82) is 0 Å². The van der Waals surface area contributed by atoms with E-state index in [0.717, 1.165) is 35.9 Å². The molecule has 3 aromatic rings. The molecule has 0 unspecified atom stereocenters. The van der Waals surface area contributed by atoms with Gasteiger partial charge in [-0.05, 0) is 36.6 Å². The number of para-hydroxylation sites is 1. The van der Waals surface area contributed by atoms with E-state index in [1.54, 1.807) is 6.08 Å². The lowest BCUT2D eigenvalue weighted by Gasteiger charge is -2.48. The number of hydrogen-bond acceptors (Lipinski definition) is 4. The van der Waals surface area contributed by atoms with Crippen LogP contribution in [0.15, 0.2) is 55.1 Å². The second-order valence-corrected chi connectivity index (χ2v) is 9.56. The summed E-state index contributed by atoms with van der Waals surface area (Å²) in [5.41, 5.74) is 2.53. The molecule has 0 aliphatic carbocycles. The van der Waals surface area contributed by atoms with E-state index in [9.17, 15) is 4.79 Å². The molecule has 8 heteroatoms. The van der Waals surface area contributed by atoms with Gasteiger partial charge in [0, 0.05) is 30.1 Å². The first-order valence-electron chi connectivity index (χ1n) is 11.2. The largest absolute Gasteiger partial charge is 0.378 e. The Morgan fingerprint density at radius 1 is 1.15 bits per heavy atom. The second kappa shape index (κ2) is 9.47. The van der Waals surface area contributed by atoms with Gasteiger partial charge >= 0.3 is 0 Å². The van der Waals surface area contributed by atoms with Crippen LogP contribution >= 0.6 is 23.2 Å². The predicted octanol–water partition coefficient (Wildman–Crippen LogP) is 4.69. The molecule has 2 bridgehead atoms. The molecule has 1 aromatic heterocycles. The fourth-order valence-corrected chi connectivity index (χ4v) is 5.35. The molecule has 0 saturated carbocycles. The van der Waals surface area contributed by atoms with Gasteiger partial charge in [-0.15, -0.1) is 6.58 Å². The highest BCUT2D eigenvalue weighted by Gasteiger charge is 2.39. The summed E-state index contributed by atoms with van der Waals surface area (Å²) < 4.78 is 7.67. The van der Waals surface area contributed by atoms with E-state index in [0.29, 0.717) is 35.5 Å². The van der Waals surface area contributed by atoms with Crippen molar-refractivity contribution in [1.82, 2.24) is 20.0 Å². The van der Waals surface area contributed by atoms with Gasteiger partial charge in [-0.1, -0.05) is 53.5 Å². The minimum absolute atomic E-state index is 0.0739. The molecule has 0 spiro atoms. The standard InChI is InChI=1S/C25H26Cl2N4O2/c1-2-9-31-23-6-4-3-5-20(23)24(29-31)25(32)28-17-11-18-14-33-15-19(12-17)30(18)13-16-7-8-21(26)22(27)10-16/h2-8,10,17-19H,1,9,11-15H2,(H,28,32)/t17-,18-,19+. The number of nitrogens with zero attached hydrogens (tertiary/aromatic N) is 3. The Bertz CT molecular complexity index is 1180. The van der Waals surface area contributed by atoms with E-state index in [-0.39, 0.29) is 24.0 Å². The minimum Gasteiger partial charge on any atom is -0.378 e. The van der Waals surface area contributed by atoms with Crippen LogP contribution in [0.3, 0.4) is 0 Å². The molecule has 2 aliphatic heterocycles. The zero-order valence-electron chi connectivity index (χ0n) is 18.2. The maximum Gasteiger partial charge on any atom is 0.272 e. The van der Waals surface area contributed by atoms with E-state index in [1.165, 1.54) is 0 Å². The lowest BCUT2D eigenvalue weighted by molar-refractivity contribution is -0.0843. The van der Waals surface area contributed by atoms with Gasteiger partial charge in [-0.25, -0.2) is 0 Å². The summed E-state index contributed by atoms with van der Waals surface area (Å²) in [6.45, 7) is 6.45. The molecule has 1 amide bonds. The van der Waals surface area contributed by atoms with E-state index >= 15 is 0 Å². The zero-order chi connectivity index (χ0) is 22.9. The molecule has 172 valence electrons. The third kappa shape index (κ3) is 4.53. The van der Waals surface area contributed by atoms with Gasteiger partial charge in [0.1, 0.15) is 0 Å². The molecule has 6 nitrogen and oxygen atoms in total. The van der Waals surface area contributed by atoms with Crippen LogP contribution in [-0.4, -0.2) is 51.9 Å². The Labute approximate surface area is 203 Å². The van der Waals surface area contributed by atoms with Crippen LogP contribution in [0.4, 0.5) is 0 Å². The maximum absolute atomic E-state index is 13.2. The summed E-state index contributed by atoms with van der Waals surface area (Å²) in [5, 5.41) is 9.82. The number of amides is 1. The normalized spacial score (nSPS) is 22.9. The Hall–Kier alpha value is -2.38. The van der Waals surface area contributed by atoms with Gasteiger partial charge in [0.2, 0.25) is 0 Å². The van der Waals surface area contributed by atoms with Crippen LogP contribution < -0.4 is 5.32 Å². The number of morpholine rings is 1. The summed E-state index contributed by atoms with van der Waals surface area (Å²) in [4.78, 5) is 15.7. The van der Waals surface area contributed by atoms with Crippen LogP contribution in [0, 0.1) is 0 Å². The second-order valence-electron chi connectivity index (χ2n) is 8.74. The molecule has 1 N–H and O–H groups in total. The molecule has 33 heavy (non-hydrogen) atoms. The van der Waals surface area contributed by atoms with Crippen molar-refractivity contribution in [2.75, 3.05) is 13.2 Å². The van der Waals surface area contributed by atoms with E-state index in [2.05, 4.69) is 21.9 Å². The van der Waals surface area contributed by atoms with Gasteiger partial charge in [0.15, 0.2) is 5.69 Å². The molecule has 5 rings (SSSR count). The van der Waals surface area contributed by atoms with Crippen LogP contribution in [0.1, 0.15) is 28.9 Å². The molecular weight excluding hydrogens is 459 g/mol. The number of aromatic nitrogens is 2. The summed E-state index contributed by atoms with van der Waals surface area (Å²) in [5.74, 6) is -0.129. The van der Waals surface area contributed by atoms with Crippen molar-refractivity contribution < 1.29 is 9.53 Å². The van der Waals surface area contributed by atoms with Crippen molar-refractivity contribution in [3.05, 3.63) is 76.4 Å². The van der Waals surface area contributed by atoms with Crippen molar-refractivity contribution in [3.8, 4) is 0 Å². The van der Waals surface area contributed by atoms with Gasteiger partial charge < -0.3 is 10.1 Å². The van der Waals surface area contributed by atoms with E-state index in [1.807, 2.05) is 47.1 Å². The molecule has 2 aliphatic rings. The van der Waals surface area contributed by atoms with Crippen molar-refractivity contribution in [2.24, 2.45) is 0 Å². The lowest BCUT2D eigenvalue weighted by Crippen LogP contribution is -2.60. The molecular formula is C25H26Cl2N4O2. The molecule has 2 aromatic carbocycles. The highest BCUT2D eigenvalue weighted by Crippen LogP contribution is 2.31. The Morgan fingerprint density at radius 2 is 1.91 bits per heavy atom. The highest BCUT2D eigenvalue weighted by molar-refractivity contribution is 6.42. The van der Waals surface area contributed by atoms with Crippen LogP contribution in [0.25, 0.3) is 10.9 Å². The lowest BCUT2D eigenvalue weighted by atomic mass is 9.89. The van der Waals surface area contributed by atoms with Crippen LogP contribution in [0.5, 0.6) is 0 Å². The number of fused-ring (bicyclic) bond motifs is 3. The number of carbonyl (C=O) groups is 1. The third-order valence-electron chi connectivity index (χ3n) is 6.53. The fraction of sp³-hybridized carbons (Fsp3) is 0.360. The first kappa shape index (κ1) is 22.4. The average Bonchev–Trinajstić information content (AvgIpc) is 3.16. The smallest absolute Gasteiger partial charge is 0.272 e. The number of piperidine rings is 1. The molecule has 0 radical (unpaired) electrons. The summed E-state index contributed by atoms with van der Waals surface area (Å²) in [6, 6.07) is 14.1. The first-order chi connectivity index (χ1) is 16.0. The van der Waals surface area contributed by atoms with Gasteiger partial charge in [0.05, 0.1) is 35.3 Å². The SMILES string of the molecule is C=CCn1nc(C(=O)N[C@H]2C[C@H]3COC[C@@H](C2)N3Cc2ccc(Cl)c(Cl)c2)c2ccccc21. The monoisotopic (exact) mass is 484 g/mol. The zero-order valence-corrected chi connectivity index (χ0v) is 19.7. The van der Waals surface area contributed by atoms with Crippen LogP contribution in [0.2, 0.25) is 10.0 Å². The average molecular weight is 485 g/mol. The maximum atomic E-state index is 13.2. The minimum atomic E-state index is -0.129. The summed E-state index contributed by atoms with van der Waals surface area (Å²) in [7, 11) is 0. The summed E-state index contributed by atoms with van der Waals surface area (Å²) >= 11 is 12.3. The van der Waals surface area contributed by atoms with Gasteiger partial charge in [0.25, 0.3) is 5.91 Å². The number of nitrogens with one attached hydrogen (secondary N) is 1. The van der Waals surface area contributed by atoms with Crippen molar-refractivity contribution in [3.63, 3.8) is 0 Å². The fourth-order valence-electron chi connectivity index (χ4n) is 5.02. The number of ether oxygens (including phenoxy) is 1. The summed E-state index contributed by atoms with van der Waals surface area (Å²) in [6.07, 6.45) is 3.44. The quantitative estimate of drug-likeness (QED) is 0.515. The number of carbonyl (C=O) groups excluding carboxylic acids is 1. The predicted molar refractivity (Wildman–Crippen MR) is 131 cm³/mol. The number of hydrogen-bond donors (Lipinski definition) is 1. The van der Waals surface area contributed by atoms with E-state index < -0.39 is 0 Å².